The van der Waals surface area contributed by atoms with Crippen molar-refractivity contribution in [1.82, 2.24) is 15.3 Å². The zero-order valence-corrected chi connectivity index (χ0v) is 18.0. The van der Waals surface area contributed by atoms with Gasteiger partial charge in [0.25, 0.3) is 0 Å². The average molecular weight is 459 g/mol. The summed E-state index contributed by atoms with van der Waals surface area (Å²) in [5.74, 6) is 0.204. The number of nitrogens with zero attached hydrogens (tertiary/aromatic N) is 2. The van der Waals surface area contributed by atoms with Crippen molar-refractivity contribution in [3.8, 4) is 17.0 Å². The van der Waals surface area contributed by atoms with Crippen LogP contribution in [0.15, 0.2) is 53.7 Å². The molecule has 3 aromatic rings. The van der Waals surface area contributed by atoms with E-state index in [0.29, 0.717) is 23.4 Å². The van der Waals surface area contributed by atoms with Gasteiger partial charge in [-0.3, -0.25) is 4.79 Å². The zero-order valence-electron chi connectivity index (χ0n) is 17.2. The molecule has 1 amide bonds. The van der Waals surface area contributed by atoms with Crippen molar-refractivity contribution in [3.05, 3.63) is 70.9 Å². The number of amides is 1. The van der Waals surface area contributed by atoms with Crippen molar-refractivity contribution in [3.63, 3.8) is 0 Å². The number of aryl methyl sites for hydroxylation is 1. The molecule has 1 aliphatic carbocycles. The molecule has 0 saturated carbocycles. The highest BCUT2D eigenvalue weighted by Crippen LogP contribution is 2.40. The molecule has 0 saturated heterocycles. The quantitative estimate of drug-likeness (QED) is 0.429. The second-order valence-corrected chi connectivity index (χ2v) is 8.16. The van der Waals surface area contributed by atoms with Crippen LogP contribution in [0, 0.1) is 0 Å². The summed E-state index contributed by atoms with van der Waals surface area (Å²) in [7, 11) is 1.54. The van der Waals surface area contributed by atoms with Crippen LogP contribution >= 0.6 is 11.8 Å². The van der Waals surface area contributed by atoms with E-state index in [1.807, 2.05) is 30.3 Å². The van der Waals surface area contributed by atoms with Crippen LogP contribution in [-0.4, -0.2) is 28.7 Å². The molecule has 0 atom stereocenters. The molecule has 0 aliphatic heterocycles. The smallest absolute Gasteiger partial charge is 0.433 e. The summed E-state index contributed by atoms with van der Waals surface area (Å²) < 4.78 is 46.4. The Morgan fingerprint density at radius 2 is 1.84 bits per heavy atom. The van der Waals surface area contributed by atoms with Gasteiger partial charge in [0.05, 0.1) is 18.6 Å². The van der Waals surface area contributed by atoms with Crippen molar-refractivity contribution >= 4 is 17.7 Å². The van der Waals surface area contributed by atoms with Gasteiger partial charge in [0.15, 0.2) is 10.9 Å². The van der Waals surface area contributed by atoms with Crippen LogP contribution in [0.1, 0.15) is 22.4 Å². The third-order valence-electron chi connectivity index (χ3n) is 5.17. The molecule has 2 aromatic carbocycles. The lowest BCUT2D eigenvalue weighted by atomic mass is 9.88. The first-order valence-electron chi connectivity index (χ1n) is 9.94. The predicted octanol–water partition coefficient (Wildman–Crippen LogP) is 4.68. The number of hydrogen-bond acceptors (Lipinski definition) is 5. The number of thioether (sulfide) groups is 1. The highest BCUT2D eigenvalue weighted by atomic mass is 32.2. The van der Waals surface area contributed by atoms with Crippen molar-refractivity contribution in [2.45, 2.75) is 30.7 Å². The van der Waals surface area contributed by atoms with Gasteiger partial charge in [-0.05, 0) is 24.5 Å². The van der Waals surface area contributed by atoms with Crippen molar-refractivity contribution < 1.29 is 22.7 Å². The minimum absolute atomic E-state index is 0.0692. The SMILES string of the molecule is COc1ccccc1CNC(=O)CSc1nc2c(c(C(F)(F)F)n1)CCc1ccccc1-2. The second-order valence-electron chi connectivity index (χ2n) is 7.21. The van der Waals surface area contributed by atoms with E-state index in [-0.39, 0.29) is 35.3 Å². The zero-order chi connectivity index (χ0) is 22.7. The maximum atomic E-state index is 13.7. The Hall–Kier alpha value is -3.07. The maximum Gasteiger partial charge on any atom is 0.433 e. The van der Waals surface area contributed by atoms with Crippen LogP contribution < -0.4 is 10.1 Å². The second kappa shape index (κ2) is 9.20. The summed E-state index contributed by atoms with van der Waals surface area (Å²) in [5, 5.41) is 2.68. The Morgan fingerprint density at radius 1 is 1.09 bits per heavy atom. The molecule has 0 fully saturated rings. The number of carbonyl (C=O) groups is 1. The molecule has 0 spiro atoms. The highest BCUT2D eigenvalue weighted by Gasteiger charge is 2.38. The van der Waals surface area contributed by atoms with Crippen LogP contribution in [0.25, 0.3) is 11.3 Å². The van der Waals surface area contributed by atoms with Gasteiger partial charge in [-0.1, -0.05) is 54.2 Å². The molecule has 0 bridgehead atoms. The topological polar surface area (TPSA) is 64.1 Å². The first kappa shape index (κ1) is 22.1. The number of rotatable bonds is 6. The molecule has 166 valence electrons. The van der Waals surface area contributed by atoms with Gasteiger partial charge in [0.1, 0.15) is 5.75 Å². The number of aromatic nitrogens is 2. The minimum Gasteiger partial charge on any atom is -0.496 e. The highest BCUT2D eigenvalue weighted by molar-refractivity contribution is 7.99. The third-order valence-corrected chi connectivity index (χ3v) is 6.02. The number of fused-ring (bicyclic) bond motifs is 3. The van der Waals surface area contributed by atoms with Gasteiger partial charge in [0, 0.05) is 23.2 Å². The molecule has 5 nitrogen and oxygen atoms in total. The molecule has 1 aromatic heterocycles. The fourth-order valence-corrected chi connectivity index (χ4v) is 4.35. The molecular formula is C23H20F3N3O2S. The number of benzene rings is 2. The summed E-state index contributed by atoms with van der Waals surface area (Å²) in [6.45, 7) is 0.246. The lowest BCUT2D eigenvalue weighted by Gasteiger charge is -2.22. The Kier molecular flexibility index (Phi) is 6.36. The van der Waals surface area contributed by atoms with Gasteiger partial charge >= 0.3 is 6.18 Å². The van der Waals surface area contributed by atoms with Crippen molar-refractivity contribution in [1.29, 1.82) is 0 Å². The number of alkyl halides is 3. The first-order chi connectivity index (χ1) is 15.4. The lowest BCUT2D eigenvalue weighted by Crippen LogP contribution is -2.25. The summed E-state index contributed by atoms with van der Waals surface area (Å²) in [6, 6.07) is 14.6. The van der Waals surface area contributed by atoms with Gasteiger partial charge < -0.3 is 10.1 Å². The summed E-state index contributed by atoms with van der Waals surface area (Å²) in [6.07, 6.45) is -3.86. The number of para-hydroxylation sites is 1. The molecule has 1 heterocycles. The minimum atomic E-state index is -4.60. The molecule has 32 heavy (non-hydrogen) atoms. The fraction of sp³-hybridized carbons (Fsp3) is 0.261. The molecular weight excluding hydrogens is 439 g/mol. The Bertz CT molecular complexity index is 1150. The van der Waals surface area contributed by atoms with E-state index in [9.17, 15) is 18.0 Å². The van der Waals surface area contributed by atoms with Crippen molar-refractivity contribution in [2.75, 3.05) is 12.9 Å². The molecule has 0 radical (unpaired) electrons. The van der Waals surface area contributed by atoms with Crippen molar-refractivity contribution in [2.24, 2.45) is 0 Å². The summed E-state index contributed by atoms with van der Waals surface area (Å²) in [4.78, 5) is 20.5. The molecule has 1 N–H and O–H groups in total. The maximum absolute atomic E-state index is 13.7. The standard InChI is InChI=1S/C23H20F3N3O2S/c1-31-18-9-5-3-7-15(18)12-27-19(30)13-32-22-28-20-16-8-4-2-6-14(16)10-11-17(20)21(29-22)23(24,25)26/h2-9H,10-13H2,1H3,(H,27,30). The molecule has 9 heteroatoms. The summed E-state index contributed by atoms with van der Waals surface area (Å²) in [5.41, 5.74) is 1.93. The number of carbonyl (C=O) groups excluding carboxylic acids is 1. The number of ether oxygens (including phenoxy) is 1. The number of nitrogens with one attached hydrogen (secondary N) is 1. The monoisotopic (exact) mass is 459 g/mol. The van der Waals surface area contributed by atoms with E-state index < -0.39 is 11.9 Å². The largest absolute Gasteiger partial charge is 0.496 e. The van der Waals surface area contributed by atoms with E-state index in [0.717, 1.165) is 22.9 Å². The molecule has 4 rings (SSSR count). The summed E-state index contributed by atoms with van der Waals surface area (Å²) >= 11 is 0.886. The van der Waals surface area contributed by atoms with Gasteiger partial charge in [-0.25, -0.2) is 9.97 Å². The van der Waals surface area contributed by atoms with Crippen LogP contribution in [0.2, 0.25) is 0 Å². The number of hydrogen-bond donors (Lipinski definition) is 1. The van der Waals surface area contributed by atoms with Crippen LogP contribution in [0.5, 0.6) is 5.75 Å². The lowest BCUT2D eigenvalue weighted by molar-refractivity contribution is -0.142. The predicted molar refractivity (Wildman–Crippen MR) is 115 cm³/mol. The van der Waals surface area contributed by atoms with Crippen LogP contribution in [0.3, 0.4) is 0 Å². The van der Waals surface area contributed by atoms with E-state index in [1.54, 1.807) is 25.3 Å². The van der Waals surface area contributed by atoms with E-state index in [1.165, 1.54) is 0 Å². The Balaban J connectivity index is 1.52. The number of halogens is 3. The molecule has 0 unspecified atom stereocenters. The molecule has 1 aliphatic rings. The van der Waals surface area contributed by atoms with Gasteiger partial charge in [-0.15, -0.1) is 0 Å². The van der Waals surface area contributed by atoms with Gasteiger partial charge in [0.2, 0.25) is 5.91 Å². The third kappa shape index (κ3) is 4.72. The average Bonchev–Trinajstić information content (AvgIpc) is 2.80. The number of methoxy groups -OCH3 is 1. The Labute approximate surface area is 187 Å². The normalized spacial score (nSPS) is 12.6. The van der Waals surface area contributed by atoms with Gasteiger partial charge in [-0.2, -0.15) is 13.2 Å². The van der Waals surface area contributed by atoms with E-state index in [4.69, 9.17) is 4.74 Å². The fourth-order valence-electron chi connectivity index (χ4n) is 3.67. The first-order valence-corrected chi connectivity index (χ1v) is 10.9. The van der Waals surface area contributed by atoms with E-state index in [2.05, 4.69) is 15.3 Å². The van der Waals surface area contributed by atoms with Crippen LogP contribution in [0.4, 0.5) is 13.2 Å². The van der Waals surface area contributed by atoms with Crippen LogP contribution in [-0.2, 0) is 30.4 Å². The Morgan fingerprint density at radius 3 is 2.62 bits per heavy atom. The van der Waals surface area contributed by atoms with E-state index >= 15 is 0 Å².